The van der Waals surface area contributed by atoms with Crippen molar-refractivity contribution in [3.8, 4) is 0 Å². The van der Waals surface area contributed by atoms with Crippen LogP contribution in [0.4, 0.5) is 4.39 Å². The summed E-state index contributed by atoms with van der Waals surface area (Å²) in [6.07, 6.45) is 3.49. The fourth-order valence-electron chi connectivity index (χ4n) is 1.40. The standard InChI is InChI=1S/C12H17F/c1-5-11(13)12(10-6-7-10)9(4)8(2)3/h5,8,10H,1,4,6-7H2,2-3H3/b12-11-. The molecule has 1 aliphatic carbocycles. The molecule has 0 aromatic carbocycles. The topological polar surface area (TPSA) is 0 Å². The number of hydrogen-bond donors (Lipinski definition) is 0. The highest BCUT2D eigenvalue weighted by atomic mass is 19.1. The lowest BCUT2D eigenvalue weighted by Crippen LogP contribution is -2.00. The third-order valence-corrected chi connectivity index (χ3v) is 2.46. The van der Waals surface area contributed by atoms with Gasteiger partial charge in [-0.1, -0.05) is 27.0 Å². The van der Waals surface area contributed by atoms with E-state index in [1.165, 1.54) is 6.08 Å². The molecule has 0 radical (unpaired) electrons. The zero-order valence-electron chi connectivity index (χ0n) is 8.44. The van der Waals surface area contributed by atoms with Crippen LogP contribution in [-0.2, 0) is 0 Å². The third-order valence-electron chi connectivity index (χ3n) is 2.46. The van der Waals surface area contributed by atoms with Gasteiger partial charge in [-0.2, -0.15) is 0 Å². The molecule has 1 fully saturated rings. The molecule has 0 aromatic rings. The molecular weight excluding hydrogens is 163 g/mol. The average molecular weight is 180 g/mol. The summed E-state index contributed by atoms with van der Waals surface area (Å²) in [5.74, 6) is 0.551. The fraction of sp³-hybridized carbons (Fsp3) is 0.500. The van der Waals surface area contributed by atoms with Crippen LogP contribution in [0.15, 0.2) is 36.2 Å². The normalized spacial score (nSPS) is 18.5. The van der Waals surface area contributed by atoms with Crippen LogP contribution in [0.2, 0.25) is 0 Å². The van der Waals surface area contributed by atoms with E-state index in [1.807, 2.05) is 13.8 Å². The van der Waals surface area contributed by atoms with E-state index < -0.39 is 0 Å². The van der Waals surface area contributed by atoms with Crippen molar-refractivity contribution in [3.05, 3.63) is 36.2 Å². The van der Waals surface area contributed by atoms with Crippen LogP contribution in [0.5, 0.6) is 0 Å². The molecule has 1 heteroatoms. The molecule has 0 spiro atoms. The van der Waals surface area contributed by atoms with Gasteiger partial charge < -0.3 is 0 Å². The second kappa shape index (κ2) is 3.91. The Morgan fingerprint density at radius 1 is 1.46 bits per heavy atom. The SMILES string of the molecule is C=C/C(F)=C(\C(=C)C(C)C)C1CC1. The molecule has 0 aliphatic heterocycles. The first-order valence-electron chi connectivity index (χ1n) is 4.79. The van der Waals surface area contributed by atoms with E-state index in [9.17, 15) is 4.39 Å². The smallest absolute Gasteiger partial charge is 0.126 e. The van der Waals surface area contributed by atoms with E-state index >= 15 is 0 Å². The molecule has 0 amide bonds. The van der Waals surface area contributed by atoms with Crippen LogP contribution >= 0.6 is 0 Å². The summed E-state index contributed by atoms with van der Waals surface area (Å²) in [6, 6.07) is 0. The van der Waals surface area contributed by atoms with Crippen LogP contribution < -0.4 is 0 Å². The van der Waals surface area contributed by atoms with Crippen molar-refractivity contribution in [1.29, 1.82) is 0 Å². The Hall–Kier alpha value is -0.850. The average Bonchev–Trinajstić information content (AvgIpc) is 2.88. The van der Waals surface area contributed by atoms with E-state index in [1.54, 1.807) is 0 Å². The molecule has 0 heterocycles. The monoisotopic (exact) mass is 180 g/mol. The van der Waals surface area contributed by atoms with Gasteiger partial charge in [0.15, 0.2) is 0 Å². The molecule has 0 saturated heterocycles. The van der Waals surface area contributed by atoms with Crippen molar-refractivity contribution < 1.29 is 4.39 Å². The first-order valence-corrected chi connectivity index (χ1v) is 4.79. The highest BCUT2D eigenvalue weighted by molar-refractivity contribution is 5.39. The molecule has 72 valence electrons. The number of hydrogen-bond acceptors (Lipinski definition) is 0. The van der Waals surface area contributed by atoms with E-state index in [0.29, 0.717) is 11.8 Å². The van der Waals surface area contributed by atoms with E-state index in [4.69, 9.17) is 0 Å². The zero-order valence-corrected chi connectivity index (χ0v) is 8.44. The lowest BCUT2D eigenvalue weighted by molar-refractivity contribution is 0.633. The van der Waals surface area contributed by atoms with E-state index in [0.717, 1.165) is 24.0 Å². The van der Waals surface area contributed by atoms with Gasteiger partial charge in [-0.05, 0) is 41.9 Å². The fourth-order valence-corrected chi connectivity index (χ4v) is 1.40. The van der Waals surface area contributed by atoms with Gasteiger partial charge in [0.05, 0.1) is 0 Å². The van der Waals surface area contributed by atoms with Gasteiger partial charge in [0.2, 0.25) is 0 Å². The first kappa shape index (κ1) is 10.2. The van der Waals surface area contributed by atoms with Crippen molar-refractivity contribution >= 4 is 0 Å². The maximum atomic E-state index is 13.4. The van der Waals surface area contributed by atoms with Gasteiger partial charge in [-0.3, -0.25) is 0 Å². The number of allylic oxidation sites excluding steroid dienone is 4. The molecular formula is C12H17F. The molecule has 0 N–H and O–H groups in total. The van der Waals surface area contributed by atoms with Crippen LogP contribution in [0.25, 0.3) is 0 Å². The predicted molar refractivity (Wildman–Crippen MR) is 55.0 cm³/mol. The predicted octanol–water partition coefficient (Wildman–Crippen LogP) is 4.02. The third kappa shape index (κ3) is 2.30. The molecule has 1 aliphatic rings. The summed E-state index contributed by atoms with van der Waals surface area (Å²) in [7, 11) is 0. The minimum atomic E-state index is -0.179. The van der Waals surface area contributed by atoms with Crippen LogP contribution in [-0.4, -0.2) is 0 Å². The summed E-state index contributed by atoms with van der Waals surface area (Å²) in [5.41, 5.74) is 1.74. The van der Waals surface area contributed by atoms with Crippen molar-refractivity contribution in [1.82, 2.24) is 0 Å². The summed E-state index contributed by atoms with van der Waals surface area (Å²) >= 11 is 0. The van der Waals surface area contributed by atoms with Gasteiger partial charge in [-0.15, -0.1) is 0 Å². The summed E-state index contributed by atoms with van der Waals surface area (Å²) in [4.78, 5) is 0. The summed E-state index contributed by atoms with van der Waals surface area (Å²) in [6.45, 7) is 11.5. The van der Waals surface area contributed by atoms with Gasteiger partial charge in [0, 0.05) is 0 Å². The van der Waals surface area contributed by atoms with E-state index in [-0.39, 0.29) is 5.83 Å². The molecule has 13 heavy (non-hydrogen) atoms. The van der Waals surface area contributed by atoms with Crippen molar-refractivity contribution in [2.24, 2.45) is 11.8 Å². The maximum absolute atomic E-state index is 13.4. The molecule has 0 atom stereocenters. The van der Waals surface area contributed by atoms with Crippen LogP contribution in [0, 0.1) is 11.8 Å². The van der Waals surface area contributed by atoms with Crippen molar-refractivity contribution in [2.45, 2.75) is 26.7 Å². The molecule has 0 nitrogen and oxygen atoms in total. The number of rotatable bonds is 4. The highest BCUT2D eigenvalue weighted by Crippen LogP contribution is 2.43. The Morgan fingerprint density at radius 3 is 2.31 bits per heavy atom. The Bertz CT molecular complexity index is 254. The number of halogens is 1. The minimum absolute atomic E-state index is 0.179. The zero-order chi connectivity index (χ0) is 10.0. The lowest BCUT2D eigenvalue weighted by Gasteiger charge is -2.13. The van der Waals surface area contributed by atoms with Gasteiger partial charge >= 0.3 is 0 Å². The van der Waals surface area contributed by atoms with Crippen LogP contribution in [0.1, 0.15) is 26.7 Å². The van der Waals surface area contributed by atoms with E-state index in [2.05, 4.69) is 13.2 Å². The van der Waals surface area contributed by atoms with Crippen LogP contribution in [0.3, 0.4) is 0 Å². The maximum Gasteiger partial charge on any atom is 0.126 e. The van der Waals surface area contributed by atoms with Gasteiger partial charge in [-0.25, -0.2) is 4.39 Å². The molecule has 1 saturated carbocycles. The van der Waals surface area contributed by atoms with Gasteiger partial charge in [0.25, 0.3) is 0 Å². The molecule has 0 unspecified atom stereocenters. The second-order valence-electron chi connectivity index (χ2n) is 3.92. The molecule has 1 rings (SSSR count). The lowest BCUT2D eigenvalue weighted by atomic mass is 9.93. The van der Waals surface area contributed by atoms with Gasteiger partial charge in [0.1, 0.15) is 5.83 Å². The Balaban J connectivity index is 2.91. The largest absolute Gasteiger partial charge is 0.207 e. The Kier molecular flexibility index (Phi) is 3.07. The summed E-state index contributed by atoms with van der Waals surface area (Å²) < 4.78 is 13.4. The van der Waals surface area contributed by atoms with Crippen molar-refractivity contribution in [2.75, 3.05) is 0 Å². The minimum Gasteiger partial charge on any atom is -0.207 e. The Labute approximate surface area is 79.8 Å². The first-order chi connectivity index (χ1) is 6.07. The molecule has 0 aromatic heterocycles. The second-order valence-corrected chi connectivity index (χ2v) is 3.92. The molecule has 0 bridgehead atoms. The van der Waals surface area contributed by atoms with Crippen molar-refractivity contribution in [3.63, 3.8) is 0 Å². The highest BCUT2D eigenvalue weighted by Gasteiger charge is 2.30. The summed E-state index contributed by atoms with van der Waals surface area (Å²) in [5, 5.41) is 0. The quantitative estimate of drug-likeness (QED) is 0.573. The Morgan fingerprint density at radius 2 is 2.00 bits per heavy atom.